The average molecular weight is 207 g/mol. The van der Waals surface area contributed by atoms with Gasteiger partial charge in [0.1, 0.15) is 11.9 Å². The number of hydrogen-bond acceptors (Lipinski definition) is 4. The zero-order chi connectivity index (χ0) is 10.4. The van der Waals surface area contributed by atoms with Gasteiger partial charge in [0.15, 0.2) is 0 Å². The molecule has 4 heteroatoms. The molecule has 0 aliphatic carbocycles. The number of nitriles is 1. The van der Waals surface area contributed by atoms with E-state index in [9.17, 15) is 0 Å². The van der Waals surface area contributed by atoms with Crippen molar-refractivity contribution in [2.24, 2.45) is 0 Å². The molecule has 1 aromatic rings. The SMILES string of the molecule is CSCCNc1nc(C)ccc1C#N. The van der Waals surface area contributed by atoms with Gasteiger partial charge in [0.05, 0.1) is 5.56 Å². The van der Waals surface area contributed by atoms with Gasteiger partial charge in [-0.15, -0.1) is 0 Å². The average Bonchev–Trinajstić information content (AvgIpc) is 2.19. The number of pyridine rings is 1. The summed E-state index contributed by atoms with van der Waals surface area (Å²) in [6.07, 6.45) is 2.05. The van der Waals surface area contributed by atoms with Crippen LogP contribution < -0.4 is 5.32 Å². The highest BCUT2D eigenvalue weighted by Gasteiger charge is 2.02. The van der Waals surface area contributed by atoms with Crippen LogP contribution in [0.4, 0.5) is 5.82 Å². The van der Waals surface area contributed by atoms with Crippen LogP contribution in [-0.2, 0) is 0 Å². The molecule has 3 nitrogen and oxygen atoms in total. The van der Waals surface area contributed by atoms with Gasteiger partial charge >= 0.3 is 0 Å². The molecule has 0 radical (unpaired) electrons. The molecule has 0 amide bonds. The molecule has 0 saturated carbocycles. The Kier molecular flexibility index (Phi) is 4.27. The minimum atomic E-state index is 0.608. The molecular formula is C10H13N3S. The molecule has 1 N–H and O–H groups in total. The molecular weight excluding hydrogens is 194 g/mol. The molecule has 0 aromatic carbocycles. The van der Waals surface area contributed by atoms with Crippen molar-refractivity contribution in [2.75, 3.05) is 23.9 Å². The van der Waals surface area contributed by atoms with Crippen molar-refractivity contribution in [3.8, 4) is 6.07 Å². The van der Waals surface area contributed by atoms with E-state index in [1.54, 1.807) is 17.8 Å². The van der Waals surface area contributed by atoms with E-state index >= 15 is 0 Å². The van der Waals surface area contributed by atoms with Gasteiger partial charge in [-0.1, -0.05) is 0 Å². The Morgan fingerprint density at radius 2 is 2.36 bits per heavy atom. The van der Waals surface area contributed by atoms with Crippen LogP contribution in [0, 0.1) is 18.3 Å². The summed E-state index contributed by atoms with van der Waals surface area (Å²) in [7, 11) is 0. The van der Waals surface area contributed by atoms with Gasteiger partial charge in [0, 0.05) is 18.0 Å². The largest absolute Gasteiger partial charge is 0.368 e. The zero-order valence-corrected chi connectivity index (χ0v) is 9.19. The summed E-state index contributed by atoms with van der Waals surface area (Å²) in [5.41, 5.74) is 1.53. The predicted molar refractivity (Wildman–Crippen MR) is 60.6 cm³/mol. The van der Waals surface area contributed by atoms with E-state index in [1.165, 1.54) is 0 Å². The first-order valence-corrected chi connectivity index (χ1v) is 5.78. The minimum absolute atomic E-state index is 0.608. The summed E-state index contributed by atoms with van der Waals surface area (Å²) in [4.78, 5) is 4.27. The first-order chi connectivity index (χ1) is 6.77. The molecule has 0 unspecified atom stereocenters. The molecule has 0 atom stereocenters. The Balaban J connectivity index is 2.73. The smallest absolute Gasteiger partial charge is 0.144 e. The highest BCUT2D eigenvalue weighted by atomic mass is 32.2. The molecule has 0 bridgehead atoms. The highest BCUT2D eigenvalue weighted by molar-refractivity contribution is 7.98. The third-order valence-electron chi connectivity index (χ3n) is 1.75. The normalized spacial score (nSPS) is 9.50. The van der Waals surface area contributed by atoms with Gasteiger partial charge in [-0.25, -0.2) is 4.98 Å². The van der Waals surface area contributed by atoms with E-state index in [2.05, 4.69) is 22.6 Å². The van der Waals surface area contributed by atoms with Crippen molar-refractivity contribution < 1.29 is 0 Å². The third-order valence-corrected chi connectivity index (χ3v) is 2.37. The van der Waals surface area contributed by atoms with Crippen LogP contribution in [0.3, 0.4) is 0 Å². The maximum absolute atomic E-state index is 8.83. The molecule has 14 heavy (non-hydrogen) atoms. The van der Waals surface area contributed by atoms with Gasteiger partial charge < -0.3 is 5.32 Å². The number of nitrogens with zero attached hydrogens (tertiary/aromatic N) is 2. The fourth-order valence-electron chi connectivity index (χ4n) is 1.05. The molecule has 1 aromatic heterocycles. The number of rotatable bonds is 4. The lowest BCUT2D eigenvalue weighted by molar-refractivity contribution is 1.12. The van der Waals surface area contributed by atoms with Gasteiger partial charge in [-0.2, -0.15) is 17.0 Å². The molecule has 1 heterocycles. The van der Waals surface area contributed by atoms with Gasteiger partial charge in [0.2, 0.25) is 0 Å². The van der Waals surface area contributed by atoms with Crippen LogP contribution in [0.2, 0.25) is 0 Å². The maximum atomic E-state index is 8.83. The summed E-state index contributed by atoms with van der Waals surface area (Å²) >= 11 is 1.77. The van der Waals surface area contributed by atoms with Crippen LogP contribution in [-0.4, -0.2) is 23.5 Å². The summed E-state index contributed by atoms with van der Waals surface area (Å²) in [5.74, 6) is 1.71. The second-order valence-corrected chi connectivity index (χ2v) is 3.87. The number of anilines is 1. The Morgan fingerprint density at radius 1 is 1.57 bits per heavy atom. The van der Waals surface area contributed by atoms with Crippen molar-refractivity contribution in [1.82, 2.24) is 4.98 Å². The van der Waals surface area contributed by atoms with E-state index in [0.29, 0.717) is 11.4 Å². The van der Waals surface area contributed by atoms with E-state index in [1.807, 2.05) is 13.0 Å². The Hall–Kier alpha value is -1.21. The second-order valence-electron chi connectivity index (χ2n) is 2.88. The molecule has 0 aliphatic heterocycles. The standard InChI is InChI=1S/C10H13N3S/c1-8-3-4-9(7-11)10(13-8)12-5-6-14-2/h3-4H,5-6H2,1-2H3,(H,12,13). The maximum Gasteiger partial charge on any atom is 0.144 e. The van der Waals surface area contributed by atoms with Crippen molar-refractivity contribution in [3.05, 3.63) is 23.4 Å². The molecule has 74 valence electrons. The lowest BCUT2D eigenvalue weighted by Gasteiger charge is -2.06. The van der Waals surface area contributed by atoms with E-state index in [-0.39, 0.29) is 0 Å². The first kappa shape index (κ1) is 10.9. The van der Waals surface area contributed by atoms with Gasteiger partial charge in [-0.05, 0) is 25.3 Å². The summed E-state index contributed by atoms with van der Waals surface area (Å²) in [6.45, 7) is 2.76. The highest BCUT2D eigenvalue weighted by Crippen LogP contribution is 2.11. The van der Waals surface area contributed by atoms with Crippen molar-refractivity contribution in [2.45, 2.75) is 6.92 Å². The fourth-order valence-corrected chi connectivity index (χ4v) is 1.36. The lowest BCUT2D eigenvalue weighted by atomic mass is 10.2. The van der Waals surface area contributed by atoms with Crippen LogP contribution in [0.5, 0.6) is 0 Å². The van der Waals surface area contributed by atoms with E-state index in [0.717, 1.165) is 18.0 Å². The van der Waals surface area contributed by atoms with Crippen molar-refractivity contribution >= 4 is 17.6 Å². The Labute approximate surface area is 88.5 Å². The molecule has 1 rings (SSSR count). The van der Waals surface area contributed by atoms with Crippen LogP contribution in [0.15, 0.2) is 12.1 Å². The quantitative estimate of drug-likeness (QED) is 0.767. The fraction of sp³-hybridized carbons (Fsp3) is 0.400. The number of hydrogen-bond donors (Lipinski definition) is 1. The summed E-state index contributed by atoms with van der Waals surface area (Å²) in [5, 5.41) is 12.0. The molecule has 0 fully saturated rings. The summed E-state index contributed by atoms with van der Waals surface area (Å²) < 4.78 is 0. The third kappa shape index (κ3) is 2.93. The second kappa shape index (κ2) is 5.51. The molecule has 0 saturated heterocycles. The number of thioether (sulfide) groups is 1. The van der Waals surface area contributed by atoms with Crippen LogP contribution >= 0.6 is 11.8 Å². The van der Waals surface area contributed by atoms with E-state index < -0.39 is 0 Å². The van der Waals surface area contributed by atoms with Crippen LogP contribution in [0.25, 0.3) is 0 Å². The van der Waals surface area contributed by atoms with Crippen molar-refractivity contribution in [3.63, 3.8) is 0 Å². The lowest BCUT2D eigenvalue weighted by Crippen LogP contribution is -2.07. The van der Waals surface area contributed by atoms with E-state index in [4.69, 9.17) is 5.26 Å². The number of nitrogens with one attached hydrogen (secondary N) is 1. The number of aryl methyl sites for hydroxylation is 1. The minimum Gasteiger partial charge on any atom is -0.368 e. The monoisotopic (exact) mass is 207 g/mol. The summed E-state index contributed by atoms with van der Waals surface area (Å²) in [6, 6.07) is 5.76. The topological polar surface area (TPSA) is 48.7 Å². The molecule has 0 spiro atoms. The van der Waals surface area contributed by atoms with Gasteiger partial charge in [-0.3, -0.25) is 0 Å². The van der Waals surface area contributed by atoms with Crippen LogP contribution in [0.1, 0.15) is 11.3 Å². The Bertz CT molecular complexity index is 344. The van der Waals surface area contributed by atoms with Gasteiger partial charge in [0.25, 0.3) is 0 Å². The molecule has 0 aliphatic rings. The zero-order valence-electron chi connectivity index (χ0n) is 8.37. The predicted octanol–water partition coefficient (Wildman–Crippen LogP) is 2.04. The first-order valence-electron chi connectivity index (χ1n) is 4.38. The number of aromatic nitrogens is 1. The Morgan fingerprint density at radius 3 is 3.00 bits per heavy atom. The van der Waals surface area contributed by atoms with Crippen molar-refractivity contribution in [1.29, 1.82) is 5.26 Å².